The molecule has 0 radical (unpaired) electrons. The third kappa shape index (κ3) is 4.05. The molecular formula is C16H16N2O6S. The maximum atomic E-state index is 12.0. The third-order valence-corrected chi connectivity index (χ3v) is 5.66. The van der Waals surface area contributed by atoms with E-state index in [1.807, 2.05) is 0 Å². The van der Waals surface area contributed by atoms with Gasteiger partial charge in [0, 0.05) is 23.0 Å². The van der Waals surface area contributed by atoms with Crippen molar-refractivity contribution in [3.63, 3.8) is 0 Å². The van der Waals surface area contributed by atoms with Gasteiger partial charge in [-0.15, -0.1) is 0 Å². The zero-order valence-corrected chi connectivity index (χ0v) is 14.0. The third-order valence-electron chi connectivity index (χ3n) is 3.89. The lowest BCUT2D eigenvalue weighted by Gasteiger charge is -2.11. The van der Waals surface area contributed by atoms with Crippen LogP contribution < -0.4 is 10.7 Å². The number of pyridine rings is 1. The molecule has 1 aromatic carbocycles. The number of hydrogen-bond acceptors (Lipinski definition) is 6. The van der Waals surface area contributed by atoms with Crippen molar-refractivity contribution in [3.8, 4) is 0 Å². The number of aromatic amines is 1. The summed E-state index contributed by atoms with van der Waals surface area (Å²) in [7, 11) is -3.10. The molecule has 1 fully saturated rings. The van der Waals surface area contributed by atoms with Crippen LogP contribution in [0.2, 0.25) is 0 Å². The van der Waals surface area contributed by atoms with E-state index in [1.54, 1.807) is 24.3 Å². The predicted octanol–water partition coefficient (Wildman–Crippen LogP) is -0.0118. The summed E-state index contributed by atoms with van der Waals surface area (Å²) in [6.45, 7) is -0.551. The van der Waals surface area contributed by atoms with Crippen LogP contribution in [0.25, 0.3) is 10.9 Å². The highest BCUT2D eigenvalue weighted by molar-refractivity contribution is 7.91. The summed E-state index contributed by atoms with van der Waals surface area (Å²) in [4.78, 5) is 38.5. The molecule has 0 aliphatic carbocycles. The van der Waals surface area contributed by atoms with Crippen LogP contribution >= 0.6 is 0 Å². The van der Waals surface area contributed by atoms with Crippen LogP contribution in [-0.2, 0) is 19.4 Å². The highest BCUT2D eigenvalue weighted by atomic mass is 32.2. The molecule has 2 heterocycles. The fraction of sp³-hybridized carbons (Fsp3) is 0.312. The molecule has 1 saturated heterocycles. The molecule has 0 bridgehead atoms. The Morgan fingerprint density at radius 2 is 2.04 bits per heavy atom. The number of ether oxygens (including phenoxy) is 1. The largest absolute Gasteiger partial charge is 0.451 e. The Kier molecular flexibility index (Phi) is 4.58. The molecule has 1 atom stereocenters. The molecule has 1 aliphatic heterocycles. The number of nitrogens with one attached hydrogen (secondary N) is 2. The van der Waals surface area contributed by atoms with Gasteiger partial charge in [-0.05, 0) is 18.6 Å². The number of aromatic nitrogens is 1. The van der Waals surface area contributed by atoms with Gasteiger partial charge in [-0.3, -0.25) is 9.59 Å². The summed E-state index contributed by atoms with van der Waals surface area (Å²) >= 11 is 0. The van der Waals surface area contributed by atoms with Crippen LogP contribution in [0.1, 0.15) is 16.9 Å². The lowest BCUT2D eigenvalue weighted by molar-refractivity contribution is -0.124. The molecule has 1 amide bonds. The summed E-state index contributed by atoms with van der Waals surface area (Å²) in [5, 5.41) is 2.96. The smallest absolute Gasteiger partial charge is 0.355 e. The van der Waals surface area contributed by atoms with Gasteiger partial charge >= 0.3 is 5.97 Å². The standard InChI is InChI=1S/C16H16N2O6S/c19-14-7-13(18-12-4-2-1-3-11(12)14)16(21)24-8-15(20)17-10-5-6-25(22,23)9-10/h1-4,7,10H,5-6,8-9H2,(H,17,20)(H,18,19)/t10-/m0/s1. The van der Waals surface area contributed by atoms with Crippen LogP contribution in [0.4, 0.5) is 0 Å². The fourth-order valence-corrected chi connectivity index (χ4v) is 4.37. The number of benzene rings is 1. The summed E-state index contributed by atoms with van der Waals surface area (Å²) in [5.74, 6) is -1.49. The van der Waals surface area contributed by atoms with Gasteiger partial charge in [-0.2, -0.15) is 0 Å². The van der Waals surface area contributed by atoms with Crippen molar-refractivity contribution in [1.29, 1.82) is 0 Å². The average Bonchev–Trinajstić information content (AvgIpc) is 2.91. The lowest BCUT2D eigenvalue weighted by Crippen LogP contribution is -2.38. The van der Waals surface area contributed by atoms with Crippen LogP contribution in [0, 0.1) is 0 Å². The number of carbonyl (C=O) groups is 2. The highest BCUT2D eigenvalue weighted by Gasteiger charge is 2.29. The number of rotatable bonds is 4. The minimum atomic E-state index is -3.10. The minimum absolute atomic E-state index is 0.0378. The average molecular weight is 364 g/mol. The molecule has 2 N–H and O–H groups in total. The number of para-hydroxylation sites is 1. The summed E-state index contributed by atoms with van der Waals surface area (Å²) in [5.41, 5.74) is 0.101. The van der Waals surface area contributed by atoms with Gasteiger partial charge in [0.1, 0.15) is 5.69 Å². The van der Waals surface area contributed by atoms with Gasteiger partial charge in [-0.1, -0.05) is 12.1 Å². The van der Waals surface area contributed by atoms with E-state index in [2.05, 4.69) is 10.3 Å². The van der Waals surface area contributed by atoms with Crippen LogP contribution in [-0.4, -0.2) is 49.4 Å². The first-order valence-electron chi connectivity index (χ1n) is 7.63. The van der Waals surface area contributed by atoms with Crippen molar-refractivity contribution in [2.24, 2.45) is 0 Å². The zero-order valence-electron chi connectivity index (χ0n) is 13.2. The van der Waals surface area contributed by atoms with E-state index in [9.17, 15) is 22.8 Å². The summed E-state index contributed by atoms with van der Waals surface area (Å²) in [6, 6.07) is 7.37. The topological polar surface area (TPSA) is 122 Å². The number of fused-ring (bicyclic) bond motifs is 1. The molecule has 3 rings (SSSR count). The second-order valence-corrected chi connectivity index (χ2v) is 8.07. The Morgan fingerprint density at radius 1 is 1.28 bits per heavy atom. The van der Waals surface area contributed by atoms with E-state index in [4.69, 9.17) is 4.74 Å². The molecule has 1 aromatic heterocycles. The molecule has 9 heteroatoms. The zero-order chi connectivity index (χ0) is 18.0. The molecule has 8 nitrogen and oxygen atoms in total. The minimum Gasteiger partial charge on any atom is -0.451 e. The SMILES string of the molecule is O=C(COC(=O)c1cc(=O)c2ccccc2[nH]1)N[C@H]1CCS(=O)(=O)C1. The van der Waals surface area contributed by atoms with Crippen LogP contribution in [0.3, 0.4) is 0 Å². The Labute approximate surface area is 143 Å². The van der Waals surface area contributed by atoms with E-state index >= 15 is 0 Å². The molecule has 25 heavy (non-hydrogen) atoms. The van der Waals surface area contributed by atoms with E-state index in [0.29, 0.717) is 17.3 Å². The fourth-order valence-electron chi connectivity index (χ4n) is 2.69. The Bertz CT molecular complexity index is 995. The first kappa shape index (κ1) is 17.2. The van der Waals surface area contributed by atoms with E-state index in [-0.39, 0.29) is 22.6 Å². The maximum absolute atomic E-state index is 12.0. The van der Waals surface area contributed by atoms with Gasteiger partial charge in [0.15, 0.2) is 21.9 Å². The van der Waals surface area contributed by atoms with E-state index in [1.165, 1.54) is 0 Å². The van der Waals surface area contributed by atoms with Crippen molar-refractivity contribution in [3.05, 3.63) is 46.2 Å². The number of H-pyrrole nitrogens is 1. The first-order chi connectivity index (χ1) is 11.8. The molecule has 2 aromatic rings. The van der Waals surface area contributed by atoms with E-state index in [0.717, 1.165) is 6.07 Å². The van der Waals surface area contributed by atoms with Crippen molar-refractivity contribution >= 4 is 32.6 Å². The summed E-state index contributed by atoms with van der Waals surface area (Å²) < 4.78 is 27.6. The number of amides is 1. The molecule has 0 unspecified atom stereocenters. The molecule has 132 valence electrons. The van der Waals surface area contributed by atoms with Gasteiger partial charge in [0.25, 0.3) is 5.91 Å². The second kappa shape index (κ2) is 6.67. The monoisotopic (exact) mass is 364 g/mol. The van der Waals surface area contributed by atoms with Crippen LogP contribution in [0.5, 0.6) is 0 Å². The summed E-state index contributed by atoms with van der Waals surface area (Å²) in [6.07, 6.45) is 0.347. The van der Waals surface area contributed by atoms with Gasteiger partial charge in [0.05, 0.1) is 11.5 Å². The maximum Gasteiger partial charge on any atom is 0.355 e. The van der Waals surface area contributed by atoms with Gasteiger partial charge in [-0.25, -0.2) is 13.2 Å². The normalized spacial score (nSPS) is 18.8. The predicted molar refractivity (Wildman–Crippen MR) is 90.1 cm³/mol. The van der Waals surface area contributed by atoms with E-state index < -0.39 is 34.4 Å². The quantitative estimate of drug-likeness (QED) is 0.736. The lowest BCUT2D eigenvalue weighted by atomic mass is 10.2. The van der Waals surface area contributed by atoms with Crippen LogP contribution in [0.15, 0.2) is 35.1 Å². The number of carbonyl (C=O) groups excluding carboxylic acids is 2. The van der Waals surface area contributed by atoms with Gasteiger partial charge in [0.2, 0.25) is 0 Å². The highest BCUT2D eigenvalue weighted by Crippen LogP contribution is 2.11. The second-order valence-electron chi connectivity index (χ2n) is 5.84. The van der Waals surface area contributed by atoms with Crippen molar-refractivity contribution in [1.82, 2.24) is 10.3 Å². The Balaban J connectivity index is 1.61. The molecule has 0 saturated carbocycles. The molecular weight excluding hydrogens is 348 g/mol. The number of sulfone groups is 1. The first-order valence-corrected chi connectivity index (χ1v) is 9.45. The van der Waals surface area contributed by atoms with Gasteiger partial charge < -0.3 is 15.0 Å². The van der Waals surface area contributed by atoms with Crippen molar-refractivity contribution in [2.75, 3.05) is 18.1 Å². The Hall–Kier alpha value is -2.68. The number of hydrogen-bond donors (Lipinski definition) is 2. The molecule has 1 aliphatic rings. The molecule has 0 spiro atoms. The Morgan fingerprint density at radius 3 is 2.76 bits per heavy atom. The van der Waals surface area contributed by atoms with Crippen molar-refractivity contribution < 1.29 is 22.7 Å². The van der Waals surface area contributed by atoms with Crippen molar-refractivity contribution in [2.45, 2.75) is 12.5 Å². The number of esters is 1.